The molecule has 1 aliphatic rings. The Morgan fingerprint density at radius 1 is 1.31 bits per heavy atom. The number of rotatable bonds is 9. The molecule has 0 spiro atoms. The third kappa shape index (κ3) is 6.49. The van der Waals surface area contributed by atoms with Crippen LogP contribution < -0.4 is 16.3 Å². The van der Waals surface area contributed by atoms with Crippen LogP contribution in [0.2, 0.25) is 0 Å². The van der Waals surface area contributed by atoms with E-state index in [2.05, 4.69) is 0 Å². The molecule has 3 rings (SSSR count). The van der Waals surface area contributed by atoms with Crippen molar-refractivity contribution in [1.82, 2.24) is 9.31 Å². The van der Waals surface area contributed by atoms with Crippen LogP contribution in [0.3, 0.4) is 0 Å². The average molecular weight is 511 g/mol. The van der Waals surface area contributed by atoms with Gasteiger partial charge in [0.05, 0.1) is 12.3 Å². The van der Waals surface area contributed by atoms with E-state index in [9.17, 15) is 17.2 Å². The monoisotopic (exact) mass is 510 g/mol. The molecule has 0 aliphatic carbocycles. The quantitative estimate of drug-likeness (QED) is 0.393. The zero-order valence-electron chi connectivity index (χ0n) is 20.1. The van der Waals surface area contributed by atoms with Crippen LogP contribution in [-0.2, 0) is 21.3 Å². The van der Waals surface area contributed by atoms with Gasteiger partial charge >= 0.3 is 0 Å². The smallest absolute Gasteiger partial charge is 0.275 e. The summed E-state index contributed by atoms with van der Waals surface area (Å²) in [6.07, 6.45) is -0.165. The second-order valence-electron chi connectivity index (χ2n) is 8.50. The first-order chi connectivity index (χ1) is 16.4. The molecular weight excluding hydrogens is 478 g/mol. The highest BCUT2D eigenvalue weighted by Crippen LogP contribution is 2.36. The van der Waals surface area contributed by atoms with Crippen molar-refractivity contribution < 1.29 is 26.7 Å². The van der Waals surface area contributed by atoms with Crippen molar-refractivity contribution >= 4 is 10.0 Å². The minimum absolute atomic E-state index is 0.00236. The normalized spacial score (nSPS) is 17.3. The van der Waals surface area contributed by atoms with Crippen molar-refractivity contribution in [3.8, 4) is 5.75 Å². The molecule has 0 radical (unpaired) electrons. The van der Waals surface area contributed by atoms with Gasteiger partial charge in [-0.1, -0.05) is 30.3 Å². The number of fused-ring (bicyclic) bond motifs is 1. The number of aryl methyl sites for hydroxylation is 1. The highest BCUT2D eigenvalue weighted by molar-refractivity contribution is 7.89. The summed E-state index contributed by atoms with van der Waals surface area (Å²) in [5, 5.41) is 1.32. The summed E-state index contributed by atoms with van der Waals surface area (Å²) in [6, 6.07) is 11.2. The molecule has 2 aromatic carbocycles. The first-order valence-corrected chi connectivity index (χ1v) is 12.7. The van der Waals surface area contributed by atoms with Gasteiger partial charge in [-0.3, -0.25) is 0 Å². The predicted octanol–water partition coefficient (Wildman–Crippen LogP) is 3.29. The van der Waals surface area contributed by atoms with Crippen LogP contribution >= 0.6 is 0 Å². The number of benzene rings is 2. The molecular formula is C24H32F2N4O4S. The molecule has 2 aromatic rings. The van der Waals surface area contributed by atoms with Gasteiger partial charge in [0.15, 0.2) is 0 Å². The molecule has 35 heavy (non-hydrogen) atoms. The van der Waals surface area contributed by atoms with E-state index >= 15 is 0 Å². The van der Waals surface area contributed by atoms with Crippen molar-refractivity contribution in [1.29, 1.82) is 0 Å². The van der Waals surface area contributed by atoms with E-state index in [1.165, 1.54) is 21.6 Å². The molecule has 0 saturated heterocycles. The lowest BCUT2D eigenvalue weighted by atomic mass is 9.98. The lowest BCUT2D eigenvalue weighted by molar-refractivity contribution is -0.123. The SMILES string of the molecule is CCN(N)/C=C(\N)COC(c1ccc(C)c(CN2CCOc3ccccc3S2(=O)=O)c1)C(C)(F)F. The summed E-state index contributed by atoms with van der Waals surface area (Å²) in [6.45, 7) is 4.93. The van der Waals surface area contributed by atoms with E-state index in [-0.39, 0.29) is 42.5 Å². The molecule has 0 fully saturated rings. The largest absolute Gasteiger partial charge is 0.491 e. The van der Waals surface area contributed by atoms with E-state index in [0.29, 0.717) is 17.9 Å². The van der Waals surface area contributed by atoms with Crippen LogP contribution in [0.4, 0.5) is 8.78 Å². The van der Waals surface area contributed by atoms with Crippen molar-refractivity contribution in [3.63, 3.8) is 0 Å². The summed E-state index contributed by atoms with van der Waals surface area (Å²) in [5.41, 5.74) is 7.64. The number of nitrogens with zero attached hydrogens (tertiary/aromatic N) is 2. The Bertz CT molecular complexity index is 1170. The molecule has 1 aliphatic heterocycles. The molecule has 1 unspecified atom stereocenters. The van der Waals surface area contributed by atoms with Crippen molar-refractivity contribution in [3.05, 3.63) is 71.1 Å². The maximum atomic E-state index is 14.5. The Kier molecular flexibility index (Phi) is 8.37. The van der Waals surface area contributed by atoms with Gasteiger partial charge < -0.3 is 20.2 Å². The fraction of sp³-hybridized carbons (Fsp3) is 0.417. The van der Waals surface area contributed by atoms with E-state index in [4.69, 9.17) is 21.1 Å². The van der Waals surface area contributed by atoms with Crippen molar-refractivity contribution in [2.24, 2.45) is 11.6 Å². The third-order valence-corrected chi connectivity index (χ3v) is 7.55. The van der Waals surface area contributed by atoms with Gasteiger partial charge in [-0.05, 0) is 42.7 Å². The standard InChI is InChI=1S/C24H32F2N4O4S/c1-4-29(28)15-20(27)16-34-23(24(3,25)26)18-10-9-17(2)19(13-18)14-30-11-12-33-21-7-5-6-8-22(21)35(30,31)32/h5-10,13,15,23H,4,11-12,14,16,27-28H2,1-3H3/b20-15-. The number of sulfonamides is 1. The van der Waals surface area contributed by atoms with Gasteiger partial charge in [-0.25, -0.2) is 23.0 Å². The highest BCUT2D eigenvalue weighted by Gasteiger charge is 2.37. The number of alkyl halides is 2. The van der Waals surface area contributed by atoms with Crippen LogP contribution in [0.15, 0.2) is 59.3 Å². The van der Waals surface area contributed by atoms with Gasteiger partial charge in [0.25, 0.3) is 5.92 Å². The second-order valence-corrected chi connectivity index (χ2v) is 10.4. The van der Waals surface area contributed by atoms with Crippen molar-refractivity contribution in [2.75, 3.05) is 26.3 Å². The number of ether oxygens (including phenoxy) is 2. The van der Waals surface area contributed by atoms with E-state index in [1.54, 1.807) is 43.3 Å². The number of hydrogen-bond acceptors (Lipinski definition) is 7. The number of halogens is 2. The number of nitrogens with two attached hydrogens (primary N) is 2. The Labute approximate surface area is 205 Å². The van der Waals surface area contributed by atoms with E-state index in [0.717, 1.165) is 12.5 Å². The Morgan fingerprint density at radius 3 is 2.71 bits per heavy atom. The molecule has 0 aromatic heterocycles. The first kappa shape index (κ1) is 26.9. The minimum atomic E-state index is -3.84. The van der Waals surface area contributed by atoms with Gasteiger partial charge in [0.2, 0.25) is 10.0 Å². The third-order valence-electron chi connectivity index (χ3n) is 5.66. The average Bonchev–Trinajstić information content (AvgIpc) is 2.91. The molecule has 4 N–H and O–H groups in total. The maximum absolute atomic E-state index is 14.5. The number of hydrogen-bond donors (Lipinski definition) is 2. The zero-order valence-corrected chi connectivity index (χ0v) is 20.9. The van der Waals surface area contributed by atoms with Crippen LogP contribution in [0.25, 0.3) is 0 Å². The number of para-hydroxylation sites is 1. The van der Waals surface area contributed by atoms with Gasteiger partial charge in [-0.2, -0.15) is 4.31 Å². The second kappa shape index (κ2) is 10.9. The van der Waals surface area contributed by atoms with Gasteiger partial charge in [-0.15, -0.1) is 0 Å². The predicted molar refractivity (Wildman–Crippen MR) is 129 cm³/mol. The first-order valence-electron chi connectivity index (χ1n) is 11.2. The zero-order chi connectivity index (χ0) is 25.8. The lowest BCUT2D eigenvalue weighted by Crippen LogP contribution is -2.32. The molecule has 0 saturated carbocycles. The van der Waals surface area contributed by atoms with E-state index in [1.807, 2.05) is 6.92 Å². The number of hydrazine groups is 1. The van der Waals surface area contributed by atoms with E-state index < -0.39 is 22.0 Å². The summed E-state index contributed by atoms with van der Waals surface area (Å²) >= 11 is 0. The van der Waals surface area contributed by atoms with Gasteiger partial charge in [0, 0.05) is 32.8 Å². The Hall–Kier alpha value is -2.73. The Balaban J connectivity index is 1.88. The van der Waals surface area contributed by atoms with Crippen molar-refractivity contribution in [2.45, 2.75) is 44.2 Å². The molecule has 0 amide bonds. The maximum Gasteiger partial charge on any atom is 0.275 e. The molecule has 8 nitrogen and oxygen atoms in total. The van der Waals surface area contributed by atoms with Crippen LogP contribution in [0.1, 0.15) is 36.6 Å². The molecule has 1 atom stereocenters. The molecule has 192 valence electrons. The molecule has 0 bridgehead atoms. The van der Waals surface area contributed by atoms with Gasteiger partial charge in [0.1, 0.15) is 23.4 Å². The molecule has 1 heterocycles. The Morgan fingerprint density at radius 2 is 2.03 bits per heavy atom. The van der Waals surface area contributed by atoms with Crippen LogP contribution in [-0.4, -0.2) is 50.0 Å². The fourth-order valence-electron chi connectivity index (χ4n) is 3.73. The highest BCUT2D eigenvalue weighted by atomic mass is 32.2. The molecule has 11 heteroatoms. The van der Waals surface area contributed by atoms with Crippen LogP contribution in [0.5, 0.6) is 5.75 Å². The summed E-state index contributed by atoms with van der Waals surface area (Å²) in [4.78, 5) is 0.0795. The van der Waals surface area contributed by atoms with Crippen LogP contribution in [0, 0.1) is 6.92 Å². The summed E-state index contributed by atoms with van der Waals surface area (Å²) < 4.78 is 68.1. The topological polar surface area (TPSA) is 111 Å². The summed E-state index contributed by atoms with van der Waals surface area (Å²) in [7, 11) is -3.84. The minimum Gasteiger partial charge on any atom is -0.491 e. The summed E-state index contributed by atoms with van der Waals surface area (Å²) in [5.74, 6) is 2.75. The lowest BCUT2D eigenvalue weighted by Gasteiger charge is -2.26. The fourth-order valence-corrected chi connectivity index (χ4v) is 5.27.